The topological polar surface area (TPSA) is 66.2 Å². The normalized spacial score (nSPS) is 11.2. The lowest BCUT2D eigenvalue weighted by atomic mass is 10.2. The van der Waals surface area contributed by atoms with E-state index in [1.807, 2.05) is 0 Å². The molecule has 1 heterocycles. The molecule has 1 rings (SSSR count). The third-order valence-electron chi connectivity index (χ3n) is 3.18. The van der Waals surface area contributed by atoms with Crippen molar-refractivity contribution in [2.24, 2.45) is 5.84 Å². The third-order valence-corrected chi connectivity index (χ3v) is 3.75. The number of hydrazine groups is 1. The summed E-state index contributed by atoms with van der Waals surface area (Å²) in [5.41, 5.74) is 2.44. The molecule has 0 aliphatic rings. The van der Waals surface area contributed by atoms with Crippen LogP contribution in [0, 0.1) is 0 Å². The van der Waals surface area contributed by atoms with Crippen molar-refractivity contribution in [3.63, 3.8) is 0 Å². The zero-order valence-corrected chi connectivity index (χ0v) is 13.7. The van der Waals surface area contributed by atoms with Gasteiger partial charge in [-0.15, -0.1) is 0 Å². The smallest absolute Gasteiger partial charge is 0.161 e. The van der Waals surface area contributed by atoms with Crippen LogP contribution in [0.2, 0.25) is 10.0 Å². The average Bonchev–Trinajstić information content (AvgIpc) is 2.40. The molecule has 0 amide bonds. The summed E-state index contributed by atoms with van der Waals surface area (Å²) in [5.74, 6) is 6.35. The number of nitrogens with one attached hydrogen (secondary N) is 2. The first kappa shape index (κ1) is 17.3. The van der Waals surface area contributed by atoms with E-state index in [1.54, 1.807) is 6.07 Å². The minimum Gasteiger partial charge on any atom is -0.369 e. The molecule has 0 aliphatic heterocycles. The van der Waals surface area contributed by atoms with Crippen molar-refractivity contribution in [3.05, 3.63) is 16.1 Å². The molecule has 0 saturated carbocycles. The summed E-state index contributed by atoms with van der Waals surface area (Å²) >= 11 is 12.0. The number of hydrogen-bond donors (Lipinski definition) is 3. The van der Waals surface area contributed by atoms with E-state index in [4.69, 9.17) is 29.0 Å². The van der Waals surface area contributed by atoms with E-state index in [0.717, 1.165) is 25.9 Å². The molecule has 1 aromatic rings. The SMILES string of the molecule is CC(C)N(C)CCCCNc1nc(NN)c(Cl)cc1Cl. The van der Waals surface area contributed by atoms with E-state index in [2.05, 4.69) is 41.5 Å². The molecule has 0 saturated heterocycles. The Morgan fingerprint density at radius 3 is 2.50 bits per heavy atom. The Morgan fingerprint density at radius 1 is 1.25 bits per heavy atom. The first-order chi connectivity index (χ1) is 9.45. The maximum absolute atomic E-state index is 6.08. The van der Waals surface area contributed by atoms with E-state index in [0.29, 0.717) is 27.7 Å². The molecule has 5 nitrogen and oxygen atoms in total. The molecule has 0 spiro atoms. The maximum Gasteiger partial charge on any atom is 0.161 e. The summed E-state index contributed by atoms with van der Waals surface area (Å²) in [6.07, 6.45) is 2.16. The molecule has 0 atom stereocenters. The van der Waals surface area contributed by atoms with Crippen molar-refractivity contribution in [1.29, 1.82) is 0 Å². The fourth-order valence-electron chi connectivity index (χ4n) is 1.64. The molecule has 7 heteroatoms. The fourth-order valence-corrected chi connectivity index (χ4v) is 2.12. The molecule has 1 aromatic heterocycles. The van der Waals surface area contributed by atoms with Crippen LogP contribution in [0.5, 0.6) is 0 Å². The van der Waals surface area contributed by atoms with Gasteiger partial charge in [-0.25, -0.2) is 10.8 Å². The van der Waals surface area contributed by atoms with Crippen LogP contribution in [0.1, 0.15) is 26.7 Å². The summed E-state index contributed by atoms with van der Waals surface area (Å²) in [7, 11) is 2.13. The van der Waals surface area contributed by atoms with Crippen LogP contribution in [0.4, 0.5) is 11.6 Å². The summed E-state index contributed by atoms with van der Waals surface area (Å²) < 4.78 is 0. The molecule has 0 unspecified atom stereocenters. The predicted molar refractivity (Wildman–Crippen MR) is 87.6 cm³/mol. The number of anilines is 2. The number of hydrogen-bond acceptors (Lipinski definition) is 5. The van der Waals surface area contributed by atoms with Gasteiger partial charge in [-0.1, -0.05) is 23.2 Å². The number of aromatic nitrogens is 1. The van der Waals surface area contributed by atoms with E-state index < -0.39 is 0 Å². The second-order valence-electron chi connectivity index (χ2n) is 5.00. The van der Waals surface area contributed by atoms with Gasteiger partial charge in [0, 0.05) is 12.6 Å². The second kappa shape index (κ2) is 8.52. The first-order valence-electron chi connectivity index (χ1n) is 6.72. The molecule has 0 bridgehead atoms. The lowest BCUT2D eigenvalue weighted by Gasteiger charge is -2.20. The molecule has 0 aliphatic carbocycles. The van der Waals surface area contributed by atoms with Crippen molar-refractivity contribution in [1.82, 2.24) is 9.88 Å². The summed E-state index contributed by atoms with van der Waals surface area (Å²) in [6.45, 7) is 6.27. The molecule has 0 radical (unpaired) electrons. The number of nitrogens with two attached hydrogens (primary N) is 1. The number of nitrogens with zero attached hydrogens (tertiary/aromatic N) is 2. The number of pyridine rings is 1. The highest BCUT2D eigenvalue weighted by molar-refractivity contribution is 6.37. The molecular weight excluding hydrogens is 297 g/mol. The Bertz CT molecular complexity index is 425. The van der Waals surface area contributed by atoms with E-state index in [-0.39, 0.29) is 0 Å². The summed E-state index contributed by atoms with van der Waals surface area (Å²) in [5, 5.41) is 4.10. The average molecular weight is 320 g/mol. The number of nitrogen functional groups attached to an aromatic ring is 1. The van der Waals surface area contributed by atoms with Gasteiger partial charge in [-0.2, -0.15) is 0 Å². The monoisotopic (exact) mass is 319 g/mol. The van der Waals surface area contributed by atoms with Crippen molar-refractivity contribution in [3.8, 4) is 0 Å². The second-order valence-corrected chi connectivity index (χ2v) is 5.82. The Morgan fingerprint density at radius 2 is 1.90 bits per heavy atom. The molecule has 114 valence electrons. The molecular formula is C13H23Cl2N5. The van der Waals surface area contributed by atoms with Gasteiger partial charge in [-0.3, -0.25) is 0 Å². The highest BCUT2D eigenvalue weighted by Crippen LogP contribution is 2.28. The predicted octanol–water partition coefficient (Wildman–Crippen LogP) is 3.21. The number of rotatable bonds is 8. The van der Waals surface area contributed by atoms with Gasteiger partial charge < -0.3 is 15.6 Å². The van der Waals surface area contributed by atoms with Crippen LogP contribution in [0.15, 0.2) is 6.07 Å². The maximum atomic E-state index is 6.08. The van der Waals surface area contributed by atoms with Crippen molar-refractivity contribution < 1.29 is 0 Å². The number of halogens is 2. The molecule has 0 fully saturated rings. The van der Waals surface area contributed by atoms with Crippen LogP contribution < -0.4 is 16.6 Å². The van der Waals surface area contributed by atoms with E-state index in [1.165, 1.54) is 0 Å². The lowest BCUT2D eigenvalue weighted by molar-refractivity contribution is 0.269. The minimum atomic E-state index is 0.404. The summed E-state index contributed by atoms with van der Waals surface area (Å²) in [4.78, 5) is 6.55. The van der Waals surface area contributed by atoms with Crippen LogP contribution in [-0.4, -0.2) is 36.1 Å². The minimum absolute atomic E-state index is 0.404. The van der Waals surface area contributed by atoms with Crippen LogP contribution >= 0.6 is 23.2 Å². The zero-order valence-electron chi connectivity index (χ0n) is 12.2. The molecule has 20 heavy (non-hydrogen) atoms. The summed E-state index contributed by atoms with van der Waals surface area (Å²) in [6, 6.07) is 2.20. The van der Waals surface area contributed by atoms with Gasteiger partial charge in [0.05, 0.1) is 10.0 Å². The highest BCUT2D eigenvalue weighted by Gasteiger charge is 2.08. The van der Waals surface area contributed by atoms with Gasteiger partial charge in [0.1, 0.15) is 5.82 Å². The van der Waals surface area contributed by atoms with Gasteiger partial charge in [0.2, 0.25) is 0 Å². The van der Waals surface area contributed by atoms with Gasteiger partial charge in [0.25, 0.3) is 0 Å². The van der Waals surface area contributed by atoms with Crippen molar-refractivity contribution in [2.75, 3.05) is 30.9 Å². The first-order valence-corrected chi connectivity index (χ1v) is 7.48. The zero-order chi connectivity index (χ0) is 15.1. The quantitative estimate of drug-likeness (QED) is 0.390. The highest BCUT2D eigenvalue weighted by atomic mass is 35.5. The Kier molecular flexibility index (Phi) is 7.37. The Balaban J connectivity index is 2.39. The molecule has 4 N–H and O–H groups in total. The Labute approximate surface area is 130 Å². The molecule has 0 aromatic carbocycles. The van der Waals surface area contributed by atoms with E-state index >= 15 is 0 Å². The fraction of sp³-hybridized carbons (Fsp3) is 0.615. The number of unbranched alkanes of at least 4 members (excludes halogenated alkanes) is 1. The Hall–Kier alpha value is -0.750. The van der Waals surface area contributed by atoms with Crippen LogP contribution in [0.3, 0.4) is 0 Å². The standard InChI is InChI=1S/C13H23Cl2N5/c1-9(2)20(3)7-5-4-6-17-12-10(14)8-11(15)13(18-12)19-16/h8-9H,4-7,16H2,1-3H3,(H2,17,18,19). The van der Waals surface area contributed by atoms with Crippen molar-refractivity contribution >= 4 is 34.8 Å². The largest absolute Gasteiger partial charge is 0.369 e. The van der Waals surface area contributed by atoms with Crippen LogP contribution in [0.25, 0.3) is 0 Å². The lowest BCUT2D eigenvalue weighted by Crippen LogP contribution is -2.27. The van der Waals surface area contributed by atoms with Crippen LogP contribution in [-0.2, 0) is 0 Å². The van der Waals surface area contributed by atoms with Crippen molar-refractivity contribution in [2.45, 2.75) is 32.7 Å². The van der Waals surface area contributed by atoms with Gasteiger partial charge >= 0.3 is 0 Å². The van der Waals surface area contributed by atoms with Gasteiger partial charge in [0.15, 0.2) is 5.82 Å². The van der Waals surface area contributed by atoms with Gasteiger partial charge in [-0.05, 0) is 46.3 Å². The third kappa shape index (κ3) is 5.32. The van der Waals surface area contributed by atoms with E-state index in [9.17, 15) is 0 Å².